The van der Waals surface area contributed by atoms with Crippen molar-refractivity contribution in [2.75, 3.05) is 6.61 Å². The van der Waals surface area contributed by atoms with Crippen molar-refractivity contribution in [2.45, 2.75) is 77.5 Å². The molecule has 1 saturated carbocycles. The molecule has 0 aromatic heterocycles. The Hall–Kier alpha value is -0.683. The molecular formula is C20H32O3Si. The maximum atomic E-state index is 6.34. The smallest absolute Gasteiger partial charge is 0.171 e. The number of rotatable bonds is 8. The molecule has 1 aliphatic heterocycles. The van der Waals surface area contributed by atoms with Crippen LogP contribution in [0.1, 0.15) is 50.3 Å². The highest BCUT2D eigenvalue weighted by Gasteiger charge is 2.43. The average Bonchev–Trinajstić information content (AvgIpc) is 3.36. The molecule has 2 atom stereocenters. The van der Waals surface area contributed by atoms with Gasteiger partial charge in [0.2, 0.25) is 0 Å². The van der Waals surface area contributed by atoms with Gasteiger partial charge in [-0.3, -0.25) is 0 Å². The van der Waals surface area contributed by atoms with Gasteiger partial charge in [0, 0.05) is 0 Å². The molecule has 0 bridgehead atoms. The summed E-state index contributed by atoms with van der Waals surface area (Å²) >= 11 is 0. The van der Waals surface area contributed by atoms with Crippen LogP contribution in [0.4, 0.5) is 0 Å². The van der Waals surface area contributed by atoms with E-state index >= 15 is 0 Å². The second-order valence-electron chi connectivity index (χ2n) is 8.55. The minimum atomic E-state index is -1.02. The lowest BCUT2D eigenvalue weighted by molar-refractivity contribution is 0.00690. The van der Waals surface area contributed by atoms with Crippen LogP contribution in [0.5, 0.6) is 0 Å². The Labute approximate surface area is 148 Å². The van der Waals surface area contributed by atoms with Crippen LogP contribution in [0.2, 0.25) is 13.1 Å². The molecule has 2 aliphatic rings. The van der Waals surface area contributed by atoms with Gasteiger partial charge in [-0.15, -0.1) is 0 Å². The molecule has 1 saturated heterocycles. The highest BCUT2D eigenvalue weighted by Crippen LogP contribution is 2.40. The number of ether oxygens (including phenoxy) is 2. The van der Waals surface area contributed by atoms with Gasteiger partial charge < -0.3 is 13.9 Å². The summed E-state index contributed by atoms with van der Waals surface area (Å²) in [6, 6.07) is 6.58. The summed E-state index contributed by atoms with van der Waals surface area (Å²) in [5.74, 6) is 0.717. The summed E-state index contributed by atoms with van der Waals surface area (Å²) in [6.45, 7) is 13.6. The number of hydrogen-bond donors (Lipinski definition) is 0. The van der Waals surface area contributed by atoms with E-state index in [0.717, 1.165) is 13.2 Å². The lowest BCUT2D eigenvalue weighted by Gasteiger charge is -2.28. The molecule has 3 nitrogen and oxygen atoms in total. The minimum absolute atomic E-state index is 0.0857. The molecule has 2 fully saturated rings. The Kier molecular flexibility index (Phi) is 5.50. The highest BCUT2D eigenvalue weighted by molar-refractivity contribution is 6.48. The zero-order valence-corrected chi connectivity index (χ0v) is 17.0. The van der Waals surface area contributed by atoms with E-state index in [2.05, 4.69) is 52.1 Å². The van der Waals surface area contributed by atoms with Crippen molar-refractivity contribution in [2.24, 2.45) is 5.92 Å². The quantitative estimate of drug-likeness (QED) is 0.522. The topological polar surface area (TPSA) is 31.0 Å². The lowest BCUT2D eigenvalue weighted by Crippen LogP contribution is -2.24. The van der Waals surface area contributed by atoms with E-state index in [9.17, 15) is 0 Å². The van der Waals surface area contributed by atoms with E-state index in [1.54, 1.807) is 0 Å². The molecule has 1 aromatic rings. The summed E-state index contributed by atoms with van der Waals surface area (Å²) in [5.41, 5.74) is 4.10. The summed E-state index contributed by atoms with van der Waals surface area (Å²) in [4.78, 5) is 0. The Morgan fingerprint density at radius 3 is 2.29 bits per heavy atom. The fourth-order valence-electron chi connectivity index (χ4n) is 3.52. The molecule has 0 radical (unpaired) electrons. The first-order valence-electron chi connectivity index (χ1n) is 9.32. The van der Waals surface area contributed by atoms with Crippen molar-refractivity contribution in [3.05, 3.63) is 34.9 Å². The van der Waals surface area contributed by atoms with Gasteiger partial charge in [-0.05, 0) is 54.0 Å². The van der Waals surface area contributed by atoms with Crippen LogP contribution >= 0.6 is 0 Å². The first kappa shape index (κ1) is 18.1. The van der Waals surface area contributed by atoms with Crippen molar-refractivity contribution >= 4 is 9.04 Å². The van der Waals surface area contributed by atoms with Crippen LogP contribution in [0.3, 0.4) is 0 Å². The Morgan fingerprint density at radius 1 is 1.17 bits per heavy atom. The first-order chi connectivity index (χ1) is 11.4. The van der Waals surface area contributed by atoms with Gasteiger partial charge in [-0.25, -0.2) is 0 Å². The summed E-state index contributed by atoms with van der Waals surface area (Å²) in [6.07, 6.45) is 3.22. The Balaban J connectivity index is 1.76. The lowest BCUT2D eigenvalue weighted by atomic mass is 9.81. The fraction of sp³-hybridized carbons (Fsp3) is 0.700. The molecule has 1 unspecified atom stereocenters. The summed E-state index contributed by atoms with van der Waals surface area (Å²) < 4.78 is 17.9. The summed E-state index contributed by atoms with van der Waals surface area (Å²) in [5, 5.41) is 0. The SMILES string of the molecule is C[SiH](C)OCc1cccc(COC(C2CC2)[C@H]2CO2)c1C(C)(C)C. The van der Waals surface area contributed by atoms with Crippen molar-refractivity contribution in [3.63, 3.8) is 0 Å². The Bertz CT molecular complexity index is 544. The monoisotopic (exact) mass is 348 g/mol. The van der Waals surface area contributed by atoms with Crippen molar-refractivity contribution in [1.82, 2.24) is 0 Å². The van der Waals surface area contributed by atoms with Gasteiger partial charge in [0.05, 0.1) is 25.9 Å². The second kappa shape index (κ2) is 7.28. The van der Waals surface area contributed by atoms with E-state index in [1.807, 2.05) is 0 Å². The summed E-state index contributed by atoms with van der Waals surface area (Å²) in [7, 11) is -1.02. The number of benzene rings is 1. The largest absolute Gasteiger partial charge is 0.416 e. The molecule has 24 heavy (non-hydrogen) atoms. The third-order valence-electron chi connectivity index (χ3n) is 4.80. The van der Waals surface area contributed by atoms with Crippen LogP contribution in [0.25, 0.3) is 0 Å². The average molecular weight is 349 g/mol. The fourth-order valence-corrected chi connectivity index (χ4v) is 4.03. The van der Waals surface area contributed by atoms with Gasteiger partial charge in [0.15, 0.2) is 9.04 Å². The third-order valence-corrected chi connectivity index (χ3v) is 5.64. The van der Waals surface area contributed by atoms with Gasteiger partial charge in [0.1, 0.15) is 6.10 Å². The van der Waals surface area contributed by atoms with Crippen LogP contribution < -0.4 is 0 Å². The minimum Gasteiger partial charge on any atom is -0.416 e. The molecule has 4 heteroatoms. The van der Waals surface area contributed by atoms with Crippen molar-refractivity contribution < 1.29 is 13.9 Å². The van der Waals surface area contributed by atoms with E-state index in [1.165, 1.54) is 29.5 Å². The van der Waals surface area contributed by atoms with Crippen LogP contribution in [-0.2, 0) is 32.5 Å². The molecular weight excluding hydrogens is 316 g/mol. The maximum absolute atomic E-state index is 6.34. The predicted molar refractivity (Wildman–Crippen MR) is 99.8 cm³/mol. The predicted octanol–water partition coefficient (Wildman–Crippen LogP) is 4.18. The number of hydrogen-bond acceptors (Lipinski definition) is 3. The van der Waals surface area contributed by atoms with E-state index < -0.39 is 9.04 Å². The molecule has 3 rings (SSSR count). The zero-order valence-electron chi connectivity index (χ0n) is 15.8. The van der Waals surface area contributed by atoms with E-state index in [4.69, 9.17) is 13.9 Å². The van der Waals surface area contributed by atoms with Crippen molar-refractivity contribution in [3.8, 4) is 0 Å². The standard InChI is InChI=1S/C20H32O3Si/c1-20(2,3)18-15(7-6-8-16(18)12-23-24(4)5)11-22-19(14-9-10-14)17-13-21-17/h6-8,14,17,19,24H,9-13H2,1-5H3/t17-,19?/m1/s1. The molecule has 0 N–H and O–H groups in total. The van der Waals surface area contributed by atoms with E-state index in [-0.39, 0.29) is 5.41 Å². The van der Waals surface area contributed by atoms with Gasteiger partial charge in [0.25, 0.3) is 0 Å². The van der Waals surface area contributed by atoms with Gasteiger partial charge in [-0.2, -0.15) is 0 Å². The van der Waals surface area contributed by atoms with E-state index in [0.29, 0.717) is 24.7 Å². The van der Waals surface area contributed by atoms with Gasteiger partial charge in [-0.1, -0.05) is 39.0 Å². The van der Waals surface area contributed by atoms with Crippen LogP contribution in [0.15, 0.2) is 18.2 Å². The highest BCUT2D eigenvalue weighted by atomic mass is 28.3. The third kappa shape index (κ3) is 4.69. The Morgan fingerprint density at radius 2 is 1.79 bits per heavy atom. The molecule has 0 amide bonds. The van der Waals surface area contributed by atoms with Crippen LogP contribution in [-0.4, -0.2) is 27.9 Å². The zero-order chi connectivity index (χ0) is 17.3. The first-order valence-corrected chi connectivity index (χ1v) is 12.1. The van der Waals surface area contributed by atoms with Gasteiger partial charge >= 0.3 is 0 Å². The molecule has 134 valence electrons. The molecule has 0 spiro atoms. The maximum Gasteiger partial charge on any atom is 0.171 e. The van der Waals surface area contributed by atoms with Crippen LogP contribution in [0, 0.1) is 5.92 Å². The molecule has 1 aromatic carbocycles. The normalized spacial score (nSPS) is 22.0. The number of epoxide rings is 1. The molecule has 1 aliphatic carbocycles. The molecule has 1 heterocycles. The second-order valence-corrected chi connectivity index (χ2v) is 11.0. The van der Waals surface area contributed by atoms with Crippen molar-refractivity contribution in [1.29, 1.82) is 0 Å².